The minimum absolute atomic E-state index is 0.0166. The number of hydrogen-bond acceptors (Lipinski definition) is 0. The Morgan fingerprint density at radius 3 is 1.12 bits per heavy atom. The summed E-state index contributed by atoms with van der Waals surface area (Å²) in [6.07, 6.45) is 6.18. The van der Waals surface area contributed by atoms with Crippen molar-refractivity contribution >= 4 is 43.6 Å². The summed E-state index contributed by atoms with van der Waals surface area (Å²) in [6.45, 7) is 0. The minimum Gasteiger partial charge on any atom is -0.309 e. The van der Waals surface area contributed by atoms with Gasteiger partial charge in [-0.25, -0.2) is 0 Å². The lowest BCUT2D eigenvalue weighted by Gasteiger charge is -2.39. The van der Waals surface area contributed by atoms with Crippen LogP contribution in [0.15, 0.2) is 194 Å². The zero-order valence-electron chi connectivity index (χ0n) is 31.4. The van der Waals surface area contributed by atoms with Crippen LogP contribution in [0.1, 0.15) is 43.2 Å². The van der Waals surface area contributed by atoms with Crippen LogP contribution in [0.5, 0.6) is 0 Å². The second-order valence-electron chi connectivity index (χ2n) is 15.6. The average Bonchev–Trinajstić information content (AvgIpc) is 3.79. The summed E-state index contributed by atoms with van der Waals surface area (Å²) in [5.74, 6) is 0. The van der Waals surface area contributed by atoms with Gasteiger partial charge >= 0.3 is 0 Å². The number of benzene rings is 8. The molecule has 2 heteroatoms. The van der Waals surface area contributed by atoms with Crippen molar-refractivity contribution in [3.05, 3.63) is 205 Å². The standard InChI is InChI=1S/C54H42N2/c1-4-14-44(15-5-1)55-50-20-10-8-18-46(50)48-32-26-40(36-52(48)55)38-22-28-42(29-23-38)54(34-12-3-13-35-54)43-30-24-39(25-31-43)41-27-33-49-47-19-9-11-21-51(47)56(53(49)37-41)45-16-6-2-7-17-45/h1-2,4-11,14-33,36-37H,3,12-13,34-35H2. The summed E-state index contributed by atoms with van der Waals surface area (Å²) in [6, 6.07) is 72.1. The zero-order valence-corrected chi connectivity index (χ0v) is 31.4. The summed E-state index contributed by atoms with van der Waals surface area (Å²) >= 11 is 0. The molecule has 8 aromatic carbocycles. The zero-order chi connectivity index (χ0) is 37.1. The number of nitrogens with zero attached hydrogens (tertiary/aromatic N) is 2. The van der Waals surface area contributed by atoms with Crippen molar-refractivity contribution in [2.75, 3.05) is 0 Å². The highest BCUT2D eigenvalue weighted by atomic mass is 15.0. The van der Waals surface area contributed by atoms with Gasteiger partial charge < -0.3 is 9.13 Å². The van der Waals surface area contributed by atoms with Crippen LogP contribution in [-0.4, -0.2) is 9.13 Å². The lowest BCUT2D eigenvalue weighted by atomic mass is 9.65. The van der Waals surface area contributed by atoms with E-state index in [0.29, 0.717) is 0 Å². The maximum Gasteiger partial charge on any atom is 0.0547 e. The van der Waals surface area contributed by atoms with E-state index >= 15 is 0 Å². The van der Waals surface area contributed by atoms with Gasteiger partial charge in [-0.05, 0) is 94.8 Å². The fraction of sp³-hybridized carbons (Fsp3) is 0.111. The Balaban J connectivity index is 0.951. The Kier molecular flexibility index (Phi) is 7.77. The van der Waals surface area contributed by atoms with E-state index in [9.17, 15) is 0 Å². The second-order valence-corrected chi connectivity index (χ2v) is 15.6. The third-order valence-corrected chi connectivity index (χ3v) is 12.6. The van der Waals surface area contributed by atoms with Gasteiger partial charge in [-0.3, -0.25) is 0 Å². The Morgan fingerprint density at radius 1 is 0.304 bits per heavy atom. The highest BCUT2D eigenvalue weighted by molar-refractivity contribution is 6.11. The van der Waals surface area contributed by atoms with Crippen molar-refractivity contribution in [2.24, 2.45) is 0 Å². The van der Waals surface area contributed by atoms with Crippen LogP contribution in [0, 0.1) is 0 Å². The molecule has 1 fully saturated rings. The molecule has 10 aromatic rings. The predicted octanol–water partition coefficient (Wildman–Crippen LogP) is 14.5. The normalized spacial score (nSPS) is 14.2. The number of aromatic nitrogens is 2. The van der Waals surface area contributed by atoms with Gasteiger partial charge in [0.05, 0.1) is 22.1 Å². The first-order valence-corrected chi connectivity index (χ1v) is 20.1. The van der Waals surface area contributed by atoms with Crippen molar-refractivity contribution < 1.29 is 0 Å². The van der Waals surface area contributed by atoms with E-state index in [2.05, 4.69) is 203 Å². The molecule has 2 aromatic heterocycles. The molecule has 11 rings (SSSR count). The van der Waals surface area contributed by atoms with Gasteiger partial charge in [0.2, 0.25) is 0 Å². The van der Waals surface area contributed by atoms with Crippen molar-refractivity contribution in [1.29, 1.82) is 0 Å². The molecule has 0 N–H and O–H groups in total. The fourth-order valence-electron chi connectivity index (χ4n) is 9.87. The van der Waals surface area contributed by atoms with Gasteiger partial charge in [0.1, 0.15) is 0 Å². The Morgan fingerprint density at radius 2 is 0.679 bits per heavy atom. The van der Waals surface area contributed by atoms with Crippen molar-refractivity contribution in [1.82, 2.24) is 9.13 Å². The van der Waals surface area contributed by atoms with Crippen molar-refractivity contribution in [2.45, 2.75) is 37.5 Å². The van der Waals surface area contributed by atoms with Gasteiger partial charge in [0.25, 0.3) is 0 Å². The molecule has 0 atom stereocenters. The molecule has 0 unspecified atom stereocenters. The molecule has 56 heavy (non-hydrogen) atoms. The number of hydrogen-bond donors (Lipinski definition) is 0. The first-order chi connectivity index (χ1) is 27.7. The Labute approximate surface area is 327 Å². The quantitative estimate of drug-likeness (QED) is 0.162. The number of rotatable bonds is 6. The molecule has 0 saturated heterocycles. The van der Waals surface area contributed by atoms with E-state index in [0.717, 1.165) is 0 Å². The van der Waals surface area contributed by atoms with Crippen LogP contribution in [0.2, 0.25) is 0 Å². The maximum atomic E-state index is 2.42. The summed E-state index contributed by atoms with van der Waals surface area (Å²) in [7, 11) is 0. The first kappa shape index (κ1) is 32.8. The molecule has 1 aliphatic rings. The average molecular weight is 719 g/mol. The van der Waals surface area contributed by atoms with E-state index in [1.807, 2.05) is 0 Å². The van der Waals surface area contributed by atoms with Gasteiger partial charge in [0, 0.05) is 38.3 Å². The third-order valence-electron chi connectivity index (χ3n) is 12.6. The SMILES string of the molecule is c1ccc(-n2c3ccccc3c3ccc(-c4ccc(C5(c6ccc(-c7ccc8c9ccccc9n(-c9ccccc9)c8c7)cc6)CCCCC5)cc4)cc32)cc1. The third kappa shape index (κ3) is 5.24. The topological polar surface area (TPSA) is 9.86 Å². The van der Waals surface area contributed by atoms with Crippen LogP contribution in [-0.2, 0) is 5.41 Å². The summed E-state index contributed by atoms with van der Waals surface area (Å²) in [4.78, 5) is 0. The van der Waals surface area contributed by atoms with Crippen LogP contribution in [0.3, 0.4) is 0 Å². The molecule has 1 aliphatic carbocycles. The highest BCUT2D eigenvalue weighted by Gasteiger charge is 2.35. The first-order valence-electron chi connectivity index (χ1n) is 20.1. The van der Waals surface area contributed by atoms with Gasteiger partial charge in [-0.15, -0.1) is 0 Å². The molecule has 1 saturated carbocycles. The molecular weight excluding hydrogens is 677 g/mol. The molecule has 0 radical (unpaired) electrons. The molecule has 0 amide bonds. The number of fused-ring (bicyclic) bond motifs is 6. The smallest absolute Gasteiger partial charge is 0.0547 e. The summed E-state index contributed by atoms with van der Waals surface area (Å²) < 4.78 is 4.81. The van der Waals surface area contributed by atoms with E-state index in [4.69, 9.17) is 0 Å². The van der Waals surface area contributed by atoms with Crippen LogP contribution in [0.25, 0.3) is 77.2 Å². The molecule has 0 aliphatic heterocycles. The van der Waals surface area contributed by atoms with Crippen LogP contribution in [0.4, 0.5) is 0 Å². The van der Waals surface area contributed by atoms with Crippen molar-refractivity contribution in [3.63, 3.8) is 0 Å². The van der Waals surface area contributed by atoms with Crippen LogP contribution >= 0.6 is 0 Å². The summed E-state index contributed by atoms with van der Waals surface area (Å²) in [5.41, 5.74) is 15.2. The van der Waals surface area contributed by atoms with E-state index < -0.39 is 0 Å². The maximum absolute atomic E-state index is 2.42. The minimum atomic E-state index is 0.0166. The monoisotopic (exact) mass is 718 g/mol. The largest absolute Gasteiger partial charge is 0.309 e. The lowest BCUT2D eigenvalue weighted by Crippen LogP contribution is -2.30. The van der Waals surface area contributed by atoms with Crippen molar-refractivity contribution in [3.8, 4) is 33.6 Å². The van der Waals surface area contributed by atoms with Gasteiger partial charge in [-0.2, -0.15) is 0 Å². The van der Waals surface area contributed by atoms with Gasteiger partial charge in [0.15, 0.2) is 0 Å². The predicted molar refractivity (Wildman–Crippen MR) is 236 cm³/mol. The van der Waals surface area contributed by atoms with E-state index in [1.165, 1.54) is 120 Å². The summed E-state index contributed by atoms with van der Waals surface area (Å²) in [5, 5.41) is 5.14. The molecule has 2 nitrogen and oxygen atoms in total. The van der Waals surface area contributed by atoms with E-state index in [1.54, 1.807) is 0 Å². The number of para-hydroxylation sites is 4. The highest BCUT2D eigenvalue weighted by Crippen LogP contribution is 2.46. The van der Waals surface area contributed by atoms with Crippen LogP contribution < -0.4 is 0 Å². The second kappa shape index (κ2) is 13.3. The fourth-order valence-corrected chi connectivity index (χ4v) is 9.87. The molecular formula is C54H42N2. The molecule has 0 spiro atoms. The molecule has 2 heterocycles. The Bertz CT molecular complexity index is 2810. The Hall–Kier alpha value is -6.64. The van der Waals surface area contributed by atoms with Gasteiger partial charge in [-0.1, -0.05) is 165 Å². The molecule has 0 bridgehead atoms. The van der Waals surface area contributed by atoms with E-state index in [-0.39, 0.29) is 5.41 Å². The lowest BCUT2D eigenvalue weighted by molar-refractivity contribution is 0.346. The molecule has 268 valence electrons.